The van der Waals surface area contributed by atoms with Crippen LogP contribution >= 0.6 is 35.6 Å². The van der Waals surface area contributed by atoms with Crippen LogP contribution in [0.25, 0.3) is 6.08 Å². The summed E-state index contributed by atoms with van der Waals surface area (Å²) in [5.41, 5.74) is 1.97. The molecule has 0 unspecified atom stereocenters. The topological polar surface area (TPSA) is 75.7 Å². The van der Waals surface area contributed by atoms with Gasteiger partial charge in [0.2, 0.25) is 5.91 Å². The maximum Gasteiger partial charge on any atom is 0.338 e. The number of carbonyl (C=O) groups excluding carboxylic acids is 3. The van der Waals surface area contributed by atoms with Crippen LogP contribution in [0.1, 0.15) is 48.5 Å². The molecule has 1 heterocycles. The molecule has 0 bridgehead atoms. The predicted octanol–water partition coefficient (Wildman–Crippen LogP) is 5.92. The fourth-order valence-corrected chi connectivity index (χ4v) is 4.70. The maximum atomic E-state index is 12.7. The van der Waals surface area contributed by atoms with E-state index in [0.717, 1.165) is 18.4 Å². The van der Waals surface area contributed by atoms with Crippen LogP contribution in [-0.4, -0.2) is 40.2 Å². The first kappa shape index (κ1) is 25.9. The second-order valence-electron chi connectivity index (χ2n) is 7.54. The quantitative estimate of drug-likeness (QED) is 0.183. The first-order chi connectivity index (χ1) is 16.4. The number of nitrogens with zero attached hydrogens (tertiary/aromatic N) is 1. The summed E-state index contributed by atoms with van der Waals surface area (Å²) in [7, 11) is 0. The van der Waals surface area contributed by atoms with Crippen molar-refractivity contribution in [1.29, 1.82) is 0 Å². The lowest BCUT2D eigenvalue weighted by Gasteiger charge is -2.14. The highest BCUT2D eigenvalue weighted by atomic mass is 35.5. The number of thiocarbonyl (C=S) groups is 1. The molecule has 1 saturated heterocycles. The number of amides is 2. The van der Waals surface area contributed by atoms with Crippen molar-refractivity contribution in [3.05, 3.63) is 69.6 Å². The van der Waals surface area contributed by atoms with Gasteiger partial charge in [0.1, 0.15) is 4.32 Å². The lowest BCUT2D eigenvalue weighted by atomic mass is 10.1. The van der Waals surface area contributed by atoms with Crippen LogP contribution in [0, 0.1) is 0 Å². The molecule has 0 spiro atoms. The molecule has 2 aromatic rings. The van der Waals surface area contributed by atoms with Crippen molar-refractivity contribution in [1.82, 2.24) is 4.90 Å². The number of hydrogen-bond acceptors (Lipinski definition) is 6. The Morgan fingerprint density at radius 3 is 2.47 bits per heavy atom. The summed E-state index contributed by atoms with van der Waals surface area (Å²) in [5.74, 6) is -0.573. The summed E-state index contributed by atoms with van der Waals surface area (Å²) in [6, 6.07) is 13.9. The van der Waals surface area contributed by atoms with Gasteiger partial charge in [0.05, 0.1) is 17.1 Å². The molecule has 6 nitrogen and oxygen atoms in total. The molecule has 2 amide bonds. The standard InChI is InChI=1S/C25H25ClN2O4S2/c1-2-32-24(31)18-9-13-20(14-10-18)27-22(29)6-4-3-5-15-28-23(30)21(34-25(28)33)16-17-7-11-19(26)12-8-17/h7-14,16H,2-6,15H2,1H3,(H,27,29)/b21-16+. The second-order valence-corrected chi connectivity index (χ2v) is 9.65. The Morgan fingerprint density at radius 1 is 1.09 bits per heavy atom. The molecule has 0 aliphatic carbocycles. The first-order valence-corrected chi connectivity index (χ1v) is 12.6. The van der Waals surface area contributed by atoms with Gasteiger partial charge in [-0.05, 0) is 67.8 Å². The van der Waals surface area contributed by atoms with E-state index in [1.165, 1.54) is 11.8 Å². The van der Waals surface area contributed by atoms with Crippen LogP contribution < -0.4 is 5.32 Å². The number of thioether (sulfide) groups is 1. The number of rotatable bonds is 10. The van der Waals surface area contributed by atoms with Crippen molar-refractivity contribution < 1.29 is 19.1 Å². The minimum absolute atomic E-state index is 0.0889. The molecule has 0 aromatic heterocycles. The van der Waals surface area contributed by atoms with Gasteiger partial charge >= 0.3 is 5.97 Å². The normalized spacial score (nSPS) is 14.5. The minimum Gasteiger partial charge on any atom is -0.462 e. The molecular formula is C25H25ClN2O4S2. The van der Waals surface area contributed by atoms with E-state index in [9.17, 15) is 14.4 Å². The zero-order chi connectivity index (χ0) is 24.5. The molecular weight excluding hydrogens is 492 g/mol. The Morgan fingerprint density at radius 2 is 1.79 bits per heavy atom. The van der Waals surface area contributed by atoms with Gasteiger partial charge in [0.25, 0.3) is 5.91 Å². The molecule has 2 aromatic carbocycles. The van der Waals surface area contributed by atoms with Crippen molar-refractivity contribution in [3.63, 3.8) is 0 Å². The predicted molar refractivity (Wildman–Crippen MR) is 141 cm³/mol. The van der Waals surface area contributed by atoms with E-state index in [1.807, 2.05) is 18.2 Å². The number of esters is 1. The average molecular weight is 517 g/mol. The van der Waals surface area contributed by atoms with Crippen LogP contribution in [0.5, 0.6) is 0 Å². The van der Waals surface area contributed by atoms with Crippen LogP contribution in [0.4, 0.5) is 5.69 Å². The van der Waals surface area contributed by atoms with E-state index in [2.05, 4.69) is 5.32 Å². The van der Waals surface area contributed by atoms with E-state index in [4.69, 9.17) is 28.6 Å². The number of benzene rings is 2. The van der Waals surface area contributed by atoms with Gasteiger partial charge < -0.3 is 10.1 Å². The lowest BCUT2D eigenvalue weighted by molar-refractivity contribution is -0.122. The summed E-state index contributed by atoms with van der Waals surface area (Å²) in [4.78, 5) is 38.8. The van der Waals surface area contributed by atoms with Gasteiger partial charge in [0.15, 0.2) is 0 Å². The molecule has 0 atom stereocenters. The van der Waals surface area contributed by atoms with Crippen LogP contribution in [0.2, 0.25) is 5.02 Å². The van der Waals surface area contributed by atoms with Crippen molar-refractivity contribution >= 4 is 69.4 Å². The molecule has 34 heavy (non-hydrogen) atoms. The van der Waals surface area contributed by atoms with Gasteiger partial charge in [-0.1, -0.05) is 54.1 Å². The van der Waals surface area contributed by atoms with E-state index in [1.54, 1.807) is 48.2 Å². The zero-order valence-corrected chi connectivity index (χ0v) is 21.1. The molecule has 1 aliphatic heterocycles. The summed E-state index contributed by atoms with van der Waals surface area (Å²) in [6.45, 7) is 2.59. The number of anilines is 1. The highest BCUT2D eigenvalue weighted by molar-refractivity contribution is 8.26. The van der Waals surface area contributed by atoms with Gasteiger partial charge in [-0.3, -0.25) is 14.5 Å². The Hall–Kier alpha value is -2.68. The Kier molecular flexibility index (Phi) is 9.68. The van der Waals surface area contributed by atoms with Gasteiger partial charge in [0, 0.05) is 23.7 Å². The summed E-state index contributed by atoms with van der Waals surface area (Å²) >= 11 is 12.6. The zero-order valence-electron chi connectivity index (χ0n) is 18.7. The smallest absolute Gasteiger partial charge is 0.338 e. The molecule has 1 N–H and O–H groups in total. The van der Waals surface area contributed by atoms with Crippen molar-refractivity contribution in [2.24, 2.45) is 0 Å². The fraction of sp³-hybridized carbons (Fsp3) is 0.280. The molecule has 0 radical (unpaired) electrons. The first-order valence-electron chi connectivity index (χ1n) is 11.0. The molecule has 9 heteroatoms. The van der Waals surface area contributed by atoms with E-state index in [-0.39, 0.29) is 17.8 Å². The third-order valence-corrected chi connectivity index (χ3v) is 6.64. The summed E-state index contributed by atoms with van der Waals surface area (Å²) < 4.78 is 5.49. The Labute approximate surface area is 213 Å². The highest BCUT2D eigenvalue weighted by Gasteiger charge is 2.31. The largest absolute Gasteiger partial charge is 0.462 e. The molecule has 3 rings (SSSR count). The number of ether oxygens (including phenoxy) is 1. The summed E-state index contributed by atoms with van der Waals surface area (Å²) in [6.07, 6.45) is 4.43. The third kappa shape index (κ3) is 7.41. The van der Waals surface area contributed by atoms with Crippen LogP contribution in [0.15, 0.2) is 53.4 Å². The number of halogens is 1. The fourth-order valence-electron chi connectivity index (χ4n) is 3.26. The maximum absolute atomic E-state index is 12.7. The van der Waals surface area contributed by atoms with Crippen molar-refractivity contribution in [2.45, 2.75) is 32.6 Å². The summed E-state index contributed by atoms with van der Waals surface area (Å²) in [5, 5.41) is 3.47. The van der Waals surface area contributed by atoms with Crippen LogP contribution in [-0.2, 0) is 14.3 Å². The number of carbonyl (C=O) groups is 3. The molecule has 178 valence electrons. The molecule has 0 saturated carbocycles. The number of unbranched alkanes of at least 4 members (excludes halogenated alkanes) is 2. The third-order valence-electron chi connectivity index (χ3n) is 5.01. The highest BCUT2D eigenvalue weighted by Crippen LogP contribution is 2.33. The lowest BCUT2D eigenvalue weighted by Crippen LogP contribution is -2.29. The monoisotopic (exact) mass is 516 g/mol. The molecule has 1 aliphatic rings. The average Bonchev–Trinajstić information content (AvgIpc) is 3.08. The Balaban J connectivity index is 1.38. The van der Waals surface area contributed by atoms with E-state index >= 15 is 0 Å². The SMILES string of the molecule is CCOC(=O)c1ccc(NC(=O)CCCCCN2C(=O)/C(=C\c3ccc(Cl)cc3)SC2=S)cc1. The van der Waals surface area contributed by atoms with E-state index in [0.29, 0.717) is 51.5 Å². The van der Waals surface area contributed by atoms with Gasteiger partial charge in [-0.2, -0.15) is 0 Å². The second kappa shape index (κ2) is 12.7. The van der Waals surface area contributed by atoms with E-state index < -0.39 is 0 Å². The van der Waals surface area contributed by atoms with Gasteiger partial charge in [-0.15, -0.1) is 0 Å². The Bertz CT molecular complexity index is 1090. The number of nitrogens with one attached hydrogen (secondary N) is 1. The minimum atomic E-state index is -0.387. The van der Waals surface area contributed by atoms with Crippen LogP contribution in [0.3, 0.4) is 0 Å². The number of hydrogen-bond donors (Lipinski definition) is 1. The van der Waals surface area contributed by atoms with Crippen molar-refractivity contribution in [2.75, 3.05) is 18.5 Å². The van der Waals surface area contributed by atoms with Crippen molar-refractivity contribution in [3.8, 4) is 0 Å². The molecule has 1 fully saturated rings. The van der Waals surface area contributed by atoms with Gasteiger partial charge in [-0.25, -0.2) is 4.79 Å².